The molecule has 0 aliphatic rings. The third-order valence-electron chi connectivity index (χ3n) is 2.36. The number of aliphatic carboxylic acids is 1. The van der Waals surface area contributed by atoms with Crippen molar-refractivity contribution in [3.63, 3.8) is 0 Å². The van der Waals surface area contributed by atoms with Crippen LogP contribution in [-0.2, 0) is 4.79 Å². The molecule has 110 valence electrons. The molecule has 0 radical (unpaired) electrons. The second kappa shape index (κ2) is 6.70. The molecular formula is C9H15ClN8O2. The largest absolute Gasteiger partial charge is 0.480 e. The SMILES string of the molecule is CCC(NC(=N)N)C(Nc1nc(N)nc(Cl)n1)C(=O)O. The highest BCUT2D eigenvalue weighted by atomic mass is 35.5. The number of carbonyl (C=O) groups is 1. The Balaban J connectivity index is 2.96. The second-order valence-electron chi connectivity index (χ2n) is 3.82. The van der Waals surface area contributed by atoms with Crippen molar-refractivity contribution in [1.29, 1.82) is 5.41 Å². The van der Waals surface area contributed by atoms with E-state index in [0.29, 0.717) is 6.42 Å². The van der Waals surface area contributed by atoms with Crippen LogP contribution in [0.2, 0.25) is 5.28 Å². The standard InChI is InChI=1S/C9H15ClN8O2/c1-2-3(14-7(11)12)4(5(19)20)15-9-17-6(10)16-8(13)18-9/h3-4H,2H2,1H3,(H,19,20)(H4,11,12,14)(H3,13,15,16,17,18). The molecule has 0 bridgehead atoms. The molecule has 1 heterocycles. The summed E-state index contributed by atoms with van der Waals surface area (Å²) >= 11 is 5.61. The maximum absolute atomic E-state index is 11.3. The van der Waals surface area contributed by atoms with Crippen LogP contribution in [0.25, 0.3) is 0 Å². The van der Waals surface area contributed by atoms with Crippen LogP contribution in [0.4, 0.5) is 11.9 Å². The fraction of sp³-hybridized carbons (Fsp3) is 0.444. The summed E-state index contributed by atoms with van der Waals surface area (Å²) in [4.78, 5) is 22.3. The Hall–Kier alpha value is -2.36. The van der Waals surface area contributed by atoms with E-state index >= 15 is 0 Å². The summed E-state index contributed by atoms with van der Waals surface area (Å²) in [6.45, 7) is 1.74. The van der Waals surface area contributed by atoms with Gasteiger partial charge in [0.05, 0.1) is 6.04 Å². The van der Waals surface area contributed by atoms with Crippen molar-refractivity contribution in [3.8, 4) is 0 Å². The van der Waals surface area contributed by atoms with Crippen LogP contribution in [0.1, 0.15) is 13.3 Å². The lowest BCUT2D eigenvalue weighted by Crippen LogP contribution is -2.52. The summed E-state index contributed by atoms with van der Waals surface area (Å²) in [6.07, 6.45) is 0.401. The third-order valence-corrected chi connectivity index (χ3v) is 2.53. The number of carboxylic acids is 1. The maximum Gasteiger partial charge on any atom is 0.328 e. The minimum atomic E-state index is -1.17. The second-order valence-corrected chi connectivity index (χ2v) is 4.16. The number of rotatable bonds is 6. The summed E-state index contributed by atoms with van der Waals surface area (Å²) in [6, 6.07) is -1.76. The Morgan fingerprint density at radius 3 is 2.60 bits per heavy atom. The Morgan fingerprint density at radius 2 is 2.15 bits per heavy atom. The zero-order valence-corrected chi connectivity index (χ0v) is 11.3. The molecule has 0 aliphatic carbocycles. The van der Waals surface area contributed by atoms with Crippen LogP contribution in [0.3, 0.4) is 0 Å². The minimum absolute atomic E-state index is 0.0706. The summed E-state index contributed by atoms with van der Waals surface area (Å²) in [5, 5.41) is 21.4. The van der Waals surface area contributed by atoms with E-state index in [2.05, 4.69) is 25.6 Å². The monoisotopic (exact) mass is 302 g/mol. The number of anilines is 2. The fourth-order valence-electron chi connectivity index (χ4n) is 1.52. The Kier molecular flexibility index (Phi) is 5.26. The topological polar surface area (TPSA) is 176 Å². The van der Waals surface area contributed by atoms with Crippen molar-refractivity contribution in [2.75, 3.05) is 11.1 Å². The average molecular weight is 303 g/mol. The predicted octanol–water partition coefficient (Wildman–Crippen LogP) is -0.766. The van der Waals surface area contributed by atoms with E-state index in [1.165, 1.54) is 0 Å². The first-order chi connectivity index (χ1) is 9.33. The maximum atomic E-state index is 11.3. The summed E-state index contributed by atoms with van der Waals surface area (Å²) in [7, 11) is 0. The Morgan fingerprint density at radius 1 is 1.50 bits per heavy atom. The van der Waals surface area contributed by atoms with Gasteiger partial charge in [0.1, 0.15) is 6.04 Å². The first-order valence-corrected chi connectivity index (χ1v) is 5.98. The lowest BCUT2D eigenvalue weighted by atomic mass is 10.1. The van der Waals surface area contributed by atoms with Gasteiger partial charge in [0.15, 0.2) is 5.96 Å². The molecule has 0 aromatic carbocycles. The highest BCUT2D eigenvalue weighted by Gasteiger charge is 2.28. The molecular weight excluding hydrogens is 288 g/mol. The molecule has 1 rings (SSSR count). The van der Waals surface area contributed by atoms with Gasteiger partial charge in [-0.2, -0.15) is 15.0 Å². The van der Waals surface area contributed by atoms with Gasteiger partial charge in [0.25, 0.3) is 0 Å². The molecule has 0 aliphatic heterocycles. The van der Waals surface area contributed by atoms with Gasteiger partial charge in [-0.15, -0.1) is 0 Å². The number of hydrogen-bond acceptors (Lipinski definition) is 7. The number of halogens is 1. The highest BCUT2D eigenvalue weighted by Crippen LogP contribution is 2.11. The van der Waals surface area contributed by atoms with Crippen molar-refractivity contribution in [1.82, 2.24) is 20.3 Å². The highest BCUT2D eigenvalue weighted by molar-refractivity contribution is 6.28. The van der Waals surface area contributed by atoms with Gasteiger partial charge in [-0.25, -0.2) is 4.79 Å². The summed E-state index contributed by atoms with van der Waals surface area (Å²) in [5.74, 6) is -1.71. The zero-order chi connectivity index (χ0) is 15.3. The van der Waals surface area contributed by atoms with E-state index < -0.39 is 18.1 Å². The predicted molar refractivity (Wildman–Crippen MR) is 73.4 cm³/mol. The van der Waals surface area contributed by atoms with Crippen LogP contribution in [0.15, 0.2) is 0 Å². The van der Waals surface area contributed by atoms with E-state index in [1.54, 1.807) is 6.92 Å². The first kappa shape index (κ1) is 15.7. The van der Waals surface area contributed by atoms with E-state index in [-0.39, 0.29) is 23.1 Å². The Labute approximate surface area is 119 Å². The van der Waals surface area contributed by atoms with Crippen molar-refractivity contribution < 1.29 is 9.90 Å². The molecule has 0 spiro atoms. The molecule has 0 amide bonds. The number of nitrogens with two attached hydrogens (primary N) is 2. The van der Waals surface area contributed by atoms with Gasteiger partial charge in [0, 0.05) is 0 Å². The van der Waals surface area contributed by atoms with Crippen LogP contribution >= 0.6 is 11.6 Å². The fourth-order valence-corrected chi connectivity index (χ4v) is 1.69. The van der Waals surface area contributed by atoms with Crippen LogP contribution in [-0.4, -0.2) is 44.1 Å². The molecule has 2 unspecified atom stereocenters. The molecule has 2 atom stereocenters. The van der Waals surface area contributed by atoms with Crippen molar-refractivity contribution in [3.05, 3.63) is 5.28 Å². The molecule has 0 saturated heterocycles. The van der Waals surface area contributed by atoms with Gasteiger partial charge in [0.2, 0.25) is 17.2 Å². The normalized spacial score (nSPS) is 13.3. The average Bonchev–Trinajstić information content (AvgIpc) is 2.31. The molecule has 11 heteroatoms. The van der Waals surface area contributed by atoms with E-state index in [0.717, 1.165) is 0 Å². The van der Waals surface area contributed by atoms with Crippen molar-refractivity contribution in [2.24, 2.45) is 5.73 Å². The molecule has 8 N–H and O–H groups in total. The number of nitrogens with one attached hydrogen (secondary N) is 3. The molecule has 1 aromatic rings. The first-order valence-electron chi connectivity index (χ1n) is 5.60. The molecule has 10 nitrogen and oxygen atoms in total. The zero-order valence-electron chi connectivity index (χ0n) is 10.6. The van der Waals surface area contributed by atoms with Gasteiger partial charge in [-0.3, -0.25) is 5.41 Å². The number of hydrogen-bond donors (Lipinski definition) is 6. The molecule has 20 heavy (non-hydrogen) atoms. The Bertz CT molecular complexity index is 490. The smallest absolute Gasteiger partial charge is 0.328 e. The number of nitrogen functional groups attached to an aromatic ring is 1. The van der Waals surface area contributed by atoms with E-state index in [1.807, 2.05) is 0 Å². The van der Waals surface area contributed by atoms with E-state index in [9.17, 15) is 9.90 Å². The van der Waals surface area contributed by atoms with Gasteiger partial charge in [-0.05, 0) is 18.0 Å². The third kappa shape index (κ3) is 4.39. The minimum Gasteiger partial charge on any atom is -0.480 e. The lowest BCUT2D eigenvalue weighted by Gasteiger charge is -2.24. The van der Waals surface area contributed by atoms with Gasteiger partial charge < -0.3 is 27.2 Å². The molecule has 1 aromatic heterocycles. The molecule has 0 saturated carbocycles. The van der Waals surface area contributed by atoms with Crippen LogP contribution in [0, 0.1) is 5.41 Å². The van der Waals surface area contributed by atoms with Crippen molar-refractivity contribution in [2.45, 2.75) is 25.4 Å². The number of carboxylic acid groups (broad SMARTS) is 1. The molecule has 0 fully saturated rings. The van der Waals surface area contributed by atoms with Crippen LogP contribution in [0.5, 0.6) is 0 Å². The van der Waals surface area contributed by atoms with Crippen molar-refractivity contribution >= 4 is 35.4 Å². The van der Waals surface area contributed by atoms with Gasteiger partial charge in [-0.1, -0.05) is 6.92 Å². The number of aromatic nitrogens is 3. The summed E-state index contributed by atoms with van der Waals surface area (Å²) in [5.41, 5.74) is 10.6. The summed E-state index contributed by atoms with van der Waals surface area (Å²) < 4.78 is 0. The van der Waals surface area contributed by atoms with Gasteiger partial charge >= 0.3 is 5.97 Å². The number of guanidine groups is 1. The van der Waals surface area contributed by atoms with E-state index in [4.69, 9.17) is 28.5 Å². The number of nitrogens with zero attached hydrogens (tertiary/aromatic N) is 3. The lowest BCUT2D eigenvalue weighted by molar-refractivity contribution is -0.138. The van der Waals surface area contributed by atoms with Crippen LogP contribution < -0.4 is 22.1 Å². The quantitative estimate of drug-likeness (QED) is 0.291.